The Morgan fingerprint density at radius 3 is 1.25 bits per heavy atom. The van der Waals surface area contributed by atoms with E-state index < -0.39 is 61.1 Å². The van der Waals surface area contributed by atoms with Crippen molar-refractivity contribution in [2.45, 2.75) is 37.6 Å². The van der Waals surface area contributed by atoms with Crippen LogP contribution in [-0.2, 0) is 19.2 Å². The summed E-state index contributed by atoms with van der Waals surface area (Å²) in [5, 5.41) is 48.5. The molecule has 0 fully saturated rings. The van der Waals surface area contributed by atoms with Crippen LogP contribution in [0.1, 0.15) is 13.3 Å². The number of hydrogen-bond acceptors (Lipinski definition) is 9. The molecule has 0 aliphatic carbocycles. The quantitative estimate of drug-likeness (QED) is 0.210. The fourth-order valence-electron chi connectivity index (χ4n) is 0.560. The maximum absolute atomic E-state index is 9.86. The first-order valence-electron chi connectivity index (χ1n) is 6.23. The Balaban J connectivity index is -0.000000278. The number of aliphatic carboxylic acids is 4. The first-order valence-corrected chi connectivity index (χ1v) is 6.23. The third-order valence-corrected chi connectivity index (χ3v) is 2.03. The molecule has 24 heavy (non-hydrogen) atoms. The maximum atomic E-state index is 9.86. The highest BCUT2D eigenvalue weighted by Crippen LogP contribution is 1.86. The molecule has 0 aliphatic heterocycles. The lowest BCUT2D eigenvalue weighted by Crippen LogP contribution is -2.39. The standard InChI is InChI=1S/C4H7NO4.C4H9NO3.C3H7NO3/c5-2(4(8)9)1-3(6)7;1-2(6)3(5)4(7)8;4-2(1-5)3(6)7/h2H,1,5H2,(H,6,7)(H,8,9);2-3,6H,5H2,1H3,(H,7,8);2,5H,1,4H2,(H,6,7). The summed E-state index contributed by atoms with van der Waals surface area (Å²) in [5.41, 5.74) is 14.5. The minimum atomic E-state index is -1.29. The molecule has 0 aromatic carbocycles. The van der Waals surface area contributed by atoms with Crippen molar-refractivity contribution in [3.63, 3.8) is 0 Å². The number of nitrogens with two attached hydrogens (primary N) is 3. The lowest BCUT2D eigenvalue weighted by molar-refractivity contribution is -0.144. The maximum Gasteiger partial charge on any atom is 0.323 e. The molecule has 0 bridgehead atoms. The molecule has 13 nitrogen and oxygen atoms in total. The molecule has 0 spiro atoms. The molecular formula is C11H23N3O10. The zero-order valence-electron chi connectivity index (χ0n) is 12.8. The van der Waals surface area contributed by atoms with E-state index >= 15 is 0 Å². The van der Waals surface area contributed by atoms with Crippen LogP contribution in [0.3, 0.4) is 0 Å². The van der Waals surface area contributed by atoms with Crippen molar-refractivity contribution in [3.05, 3.63) is 0 Å². The predicted octanol–water partition coefficient (Wildman–Crippen LogP) is -3.96. The molecule has 0 rings (SSSR count). The van der Waals surface area contributed by atoms with E-state index in [4.69, 9.17) is 47.8 Å². The Bertz CT molecular complexity index is 415. The van der Waals surface area contributed by atoms with Gasteiger partial charge >= 0.3 is 23.9 Å². The average Bonchev–Trinajstić information content (AvgIpc) is 2.45. The van der Waals surface area contributed by atoms with Crippen LogP contribution in [0.5, 0.6) is 0 Å². The van der Waals surface area contributed by atoms with Crippen LogP contribution >= 0.6 is 0 Å². The third kappa shape index (κ3) is 17.7. The molecule has 0 radical (unpaired) electrons. The summed E-state index contributed by atoms with van der Waals surface area (Å²) in [5.74, 6) is -4.86. The number of carboxylic acids is 4. The highest BCUT2D eigenvalue weighted by atomic mass is 16.4. The van der Waals surface area contributed by atoms with Crippen molar-refractivity contribution in [1.29, 1.82) is 0 Å². The summed E-state index contributed by atoms with van der Waals surface area (Å²) < 4.78 is 0. The Hall–Kier alpha value is -2.32. The molecule has 0 saturated heterocycles. The van der Waals surface area contributed by atoms with Crippen molar-refractivity contribution in [2.75, 3.05) is 6.61 Å². The van der Waals surface area contributed by atoms with Crippen LogP contribution in [0, 0.1) is 0 Å². The molecular weight excluding hydrogens is 334 g/mol. The topological polar surface area (TPSA) is 268 Å². The number of rotatable bonds is 7. The van der Waals surface area contributed by atoms with Gasteiger partial charge in [-0.3, -0.25) is 19.2 Å². The molecule has 0 aromatic rings. The summed E-state index contributed by atoms with van der Waals surface area (Å²) >= 11 is 0. The molecule has 0 heterocycles. The van der Waals surface area contributed by atoms with Crippen LogP contribution in [0.15, 0.2) is 0 Å². The largest absolute Gasteiger partial charge is 0.481 e. The van der Waals surface area contributed by atoms with E-state index in [9.17, 15) is 19.2 Å². The van der Waals surface area contributed by atoms with Gasteiger partial charge in [0.1, 0.15) is 18.1 Å². The van der Waals surface area contributed by atoms with E-state index in [0.717, 1.165) is 0 Å². The van der Waals surface area contributed by atoms with Crippen LogP contribution in [0.25, 0.3) is 0 Å². The second-order valence-electron chi connectivity index (χ2n) is 4.27. The summed E-state index contributed by atoms with van der Waals surface area (Å²) in [7, 11) is 0. The molecule has 0 amide bonds. The summed E-state index contributed by atoms with van der Waals surface area (Å²) in [6.45, 7) is 0.827. The molecule has 13 heteroatoms. The van der Waals surface area contributed by atoms with Gasteiger partial charge in [-0.1, -0.05) is 0 Å². The highest BCUT2D eigenvalue weighted by Gasteiger charge is 2.16. The molecule has 0 saturated carbocycles. The lowest BCUT2D eigenvalue weighted by Gasteiger charge is -2.06. The van der Waals surface area contributed by atoms with Crippen molar-refractivity contribution < 1.29 is 49.8 Å². The fraction of sp³-hybridized carbons (Fsp3) is 0.636. The smallest absolute Gasteiger partial charge is 0.323 e. The van der Waals surface area contributed by atoms with E-state index in [-0.39, 0.29) is 0 Å². The molecule has 12 N–H and O–H groups in total. The van der Waals surface area contributed by atoms with E-state index in [2.05, 4.69) is 0 Å². The Kier molecular flexibility index (Phi) is 15.8. The number of aliphatic hydroxyl groups is 2. The van der Waals surface area contributed by atoms with Crippen molar-refractivity contribution in [2.24, 2.45) is 17.2 Å². The predicted molar refractivity (Wildman–Crippen MR) is 77.9 cm³/mol. The first-order chi connectivity index (χ1) is 10.8. The zero-order chi connectivity index (χ0) is 20.0. The third-order valence-electron chi connectivity index (χ3n) is 2.03. The van der Waals surface area contributed by atoms with E-state index in [1.807, 2.05) is 0 Å². The first kappa shape index (κ1) is 26.6. The van der Waals surface area contributed by atoms with Gasteiger partial charge in [0.25, 0.3) is 0 Å². The minimum absolute atomic E-state index is 0.505. The zero-order valence-corrected chi connectivity index (χ0v) is 12.8. The van der Waals surface area contributed by atoms with Gasteiger partial charge in [-0.2, -0.15) is 0 Å². The van der Waals surface area contributed by atoms with Gasteiger partial charge in [-0.05, 0) is 6.92 Å². The van der Waals surface area contributed by atoms with E-state index in [0.29, 0.717) is 0 Å². The van der Waals surface area contributed by atoms with E-state index in [1.165, 1.54) is 6.92 Å². The van der Waals surface area contributed by atoms with Crippen LogP contribution < -0.4 is 17.2 Å². The van der Waals surface area contributed by atoms with Crippen molar-refractivity contribution >= 4 is 23.9 Å². The fourth-order valence-corrected chi connectivity index (χ4v) is 0.560. The number of carboxylic acid groups (broad SMARTS) is 4. The SMILES string of the molecule is CC(O)C(N)C(=O)O.NC(CC(=O)O)C(=O)O.NC(CO)C(=O)O. The van der Waals surface area contributed by atoms with Gasteiger partial charge in [0.15, 0.2) is 0 Å². The molecule has 142 valence electrons. The number of aliphatic hydroxyl groups excluding tert-OH is 2. The summed E-state index contributed by atoms with van der Waals surface area (Å²) in [6, 6.07) is -3.57. The van der Waals surface area contributed by atoms with Gasteiger partial charge in [0.2, 0.25) is 0 Å². The van der Waals surface area contributed by atoms with Crippen LogP contribution in [0.2, 0.25) is 0 Å². The van der Waals surface area contributed by atoms with Gasteiger partial charge in [-0.25, -0.2) is 0 Å². The normalized spacial score (nSPS) is 14.4. The van der Waals surface area contributed by atoms with Crippen LogP contribution in [-0.4, -0.2) is 85.4 Å². The minimum Gasteiger partial charge on any atom is -0.481 e. The Labute approximate surface area is 136 Å². The van der Waals surface area contributed by atoms with E-state index in [1.54, 1.807) is 0 Å². The van der Waals surface area contributed by atoms with Gasteiger partial charge in [-0.15, -0.1) is 0 Å². The van der Waals surface area contributed by atoms with Gasteiger partial charge in [0, 0.05) is 0 Å². The Morgan fingerprint density at radius 2 is 1.21 bits per heavy atom. The second kappa shape index (κ2) is 14.3. The second-order valence-corrected chi connectivity index (χ2v) is 4.27. The van der Waals surface area contributed by atoms with Crippen LogP contribution in [0.4, 0.5) is 0 Å². The number of hydrogen-bond donors (Lipinski definition) is 9. The van der Waals surface area contributed by atoms with Crippen molar-refractivity contribution in [3.8, 4) is 0 Å². The molecule has 4 atom stereocenters. The summed E-state index contributed by atoms with van der Waals surface area (Å²) in [6.07, 6.45) is -1.51. The highest BCUT2D eigenvalue weighted by molar-refractivity contribution is 5.80. The monoisotopic (exact) mass is 357 g/mol. The van der Waals surface area contributed by atoms with Crippen molar-refractivity contribution in [1.82, 2.24) is 0 Å². The molecule has 4 unspecified atom stereocenters. The molecule has 0 aromatic heterocycles. The van der Waals surface area contributed by atoms with Gasteiger partial charge < -0.3 is 47.8 Å². The summed E-state index contributed by atoms with van der Waals surface area (Å²) in [4.78, 5) is 39.1. The average molecular weight is 357 g/mol. The molecule has 0 aliphatic rings. The number of carbonyl (C=O) groups is 4. The Morgan fingerprint density at radius 1 is 0.833 bits per heavy atom. The lowest BCUT2D eigenvalue weighted by atomic mass is 10.2. The van der Waals surface area contributed by atoms with Gasteiger partial charge in [0.05, 0.1) is 19.1 Å².